The van der Waals surface area contributed by atoms with Crippen LogP contribution in [0.5, 0.6) is 0 Å². The van der Waals surface area contributed by atoms with E-state index < -0.39 is 0 Å². The van der Waals surface area contributed by atoms with Gasteiger partial charge in [0.15, 0.2) is 0 Å². The zero-order chi connectivity index (χ0) is 14.7. The van der Waals surface area contributed by atoms with Crippen molar-refractivity contribution in [2.45, 2.75) is 71.6 Å². The molecule has 1 aliphatic heterocycles. The lowest BCUT2D eigenvalue weighted by atomic mass is 9.88. The van der Waals surface area contributed by atoms with Gasteiger partial charge in [-0.2, -0.15) is 0 Å². The van der Waals surface area contributed by atoms with Gasteiger partial charge in [-0.05, 0) is 39.5 Å². The fourth-order valence-corrected chi connectivity index (χ4v) is 2.65. The van der Waals surface area contributed by atoms with Crippen molar-refractivity contribution >= 4 is 0 Å². The molecule has 0 bridgehead atoms. The molecule has 0 aliphatic carbocycles. The van der Waals surface area contributed by atoms with Crippen LogP contribution < -0.4 is 5.32 Å². The van der Waals surface area contributed by atoms with E-state index in [-0.39, 0.29) is 11.1 Å². The Bertz CT molecular complexity index is 278. The summed E-state index contributed by atoms with van der Waals surface area (Å²) in [5, 5.41) is 3.73. The van der Waals surface area contributed by atoms with Gasteiger partial charge in [-0.3, -0.25) is 4.90 Å². The quantitative estimate of drug-likeness (QED) is 0.803. The fourth-order valence-electron chi connectivity index (χ4n) is 2.65. The van der Waals surface area contributed by atoms with Crippen LogP contribution in [0.25, 0.3) is 0 Å². The van der Waals surface area contributed by atoms with Crippen LogP contribution in [0.1, 0.15) is 54.4 Å². The zero-order valence-corrected chi connectivity index (χ0v) is 14.0. The summed E-state index contributed by atoms with van der Waals surface area (Å²) < 4.78 is 5.56. The smallest absolute Gasteiger partial charge is 0.0634 e. The number of nitrogens with zero attached hydrogens (tertiary/aromatic N) is 1. The van der Waals surface area contributed by atoms with Crippen LogP contribution in [0.2, 0.25) is 0 Å². The number of rotatable bonds is 6. The van der Waals surface area contributed by atoms with E-state index in [9.17, 15) is 0 Å². The number of ether oxygens (including phenoxy) is 1. The molecule has 1 fully saturated rings. The first-order chi connectivity index (χ1) is 8.74. The van der Waals surface area contributed by atoms with Gasteiger partial charge in [-0.25, -0.2) is 0 Å². The molecule has 1 rings (SSSR count). The van der Waals surface area contributed by atoms with Crippen LogP contribution in [-0.4, -0.2) is 48.8 Å². The lowest BCUT2D eigenvalue weighted by Crippen LogP contribution is -2.64. The maximum Gasteiger partial charge on any atom is 0.0634 e. The maximum atomic E-state index is 5.56. The topological polar surface area (TPSA) is 24.5 Å². The molecule has 114 valence electrons. The average Bonchev–Trinajstić information content (AvgIpc) is 2.37. The van der Waals surface area contributed by atoms with Gasteiger partial charge in [0.2, 0.25) is 0 Å². The second-order valence-corrected chi connectivity index (χ2v) is 7.24. The molecule has 1 saturated heterocycles. The molecule has 3 heteroatoms. The van der Waals surface area contributed by atoms with Crippen LogP contribution in [0.4, 0.5) is 0 Å². The Hall–Kier alpha value is -0.120. The molecule has 1 heterocycles. The molecule has 0 amide bonds. The first-order valence-electron chi connectivity index (χ1n) is 7.77. The first kappa shape index (κ1) is 16.9. The van der Waals surface area contributed by atoms with Crippen LogP contribution in [0.3, 0.4) is 0 Å². The predicted molar refractivity (Wildman–Crippen MR) is 82.6 cm³/mol. The largest absolute Gasteiger partial charge is 0.379 e. The third-order valence-electron chi connectivity index (χ3n) is 5.03. The van der Waals surface area contributed by atoms with E-state index in [4.69, 9.17) is 4.74 Å². The lowest BCUT2D eigenvalue weighted by Gasteiger charge is -2.49. The number of hydrogen-bond acceptors (Lipinski definition) is 3. The van der Waals surface area contributed by atoms with Crippen molar-refractivity contribution < 1.29 is 4.74 Å². The van der Waals surface area contributed by atoms with E-state index in [0.717, 1.165) is 26.1 Å². The van der Waals surface area contributed by atoms with Crippen LogP contribution in [0.15, 0.2) is 0 Å². The highest BCUT2D eigenvalue weighted by molar-refractivity contribution is 4.96. The number of hydrogen-bond donors (Lipinski definition) is 1. The minimum absolute atomic E-state index is 0.0210. The van der Waals surface area contributed by atoms with Gasteiger partial charge in [0.05, 0.1) is 5.60 Å². The van der Waals surface area contributed by atoms with E-state index >= 15 is 0 Å². The summed E-state index contributed by atoms with van der Waals surface area (Å²) in [6.45, 7) is 17.0. The van der Waals surface area contributed by atoms with E-state index in [2.05, 4.69) is 51.8 Å². The minimum atomic E-state index is -0.0210. The summed E-state index contributed by atoms with van der Waals surface area (Å²) in [5.41, 5.74) is 0.266. The molecule has 2 unspecified atom stereocenters. The minimum Gasteiger partial charge on any atom is -0.379 e. The molecule has 0 aromatic heterocycles. The van der Waals surface area contributed by atoms with Gasteiger partial charge in [0.25, 0.3) is 0 Å². The van der Waals surface area contributed by atoms with E-state index in [0.29, 0.717) is 12.0 Å². The summed E-state index contributed by atoms with van der Waals surface area (Å²) in [4.78, 5) is 2.68. The Kier molecular flexibility index (Phi) is 5.84. The summed E-state index contributed by atoms with van der Waals surface area (Å²) in [6.07, 6.45) is 2.28. The Morgan fingerprint density at radius 1 is 1.42 bits per heavy atom. The van der Waals surface area contributed by atoms with Gasteiger partial charge in [0, 0.05) is 38.3 Å². The Balaban J connectivity index is 2.67. The summed E-state index contributed by atoms with van der Waals surface area (Å²) in [6, 6.07) is 0.616. The van der Waals surface area contributed by atoms with E-state index in [1.165, 1.54) is 6.42 Å². The van der Waals surface area contributed by atoms with Crippen LogP contribution in [-0.2, 0) is 4.74 Å². The molecule has 2 atom stereocenters. The Morgan fingerprint density at radius 2 is 2.05 bits per heavy atom. The highest BCUT2D eigenvalue weighted by Gasteiger charge is 2.37. The maximum absolute atomic E-state index is 5.56. The van der Waals surface area contributed by atoms with Gasteiger partial charge >= 0.3 is 0 Å². The average molecular weight is 270 g/mol. The SMILES string of the molecule is CCC1(C)CNC(C(C)C)CN1CCC(C)(C)OC. The predicted octanol–water partition coefficient (Wildman–Crippen LogP) is 2.90. The molecule has 0 saturated carbocycles. The zero-order valence-electron chi connectivity index (χ0n) is 14.0. The second-order valence-electron chi connectivity index (χ2n) is 7.24. The molecule has 0 aromatic rings. The monoisotopic (exact) mass is 270 g/mol. The van der Waals surface area contributed by atoms with Crippen molar-refractivity contribution in [2.24, 2.45) is 5.92 Å². The summed E-state index contributed by atoms with van der Waals surface area (Å²) in [7, 11) is 1.81. The number of methoxy groups -OCH3 is 1. The fraction of sp³-hybridized carbons (Fsp3) is 1.00. The highest BCUT2D eigenvalue weighted by Crippen LogP contribution is 2.26. The molecule has 19 heavy (non-hydrogen) atoms. The number of piperazine rings is 1. The molecular weight excluding hydrogens is 236 g/mol. The normalized spacial score (nSPS) is 30.0. The molecule has 3 nitrogen and oxygen atoms in total. The molecule has 1 aliphatic rings. The molecule has 0 spiro atoms. The summed E-state index contributed by atoms with van der Waals surface area (Å²) in [5.74, 6) is 0.694. The van der Waals surface area contributed by atoms with E-state index in [1.54, 1.807) is 0 Å². The van der Waals surface area contributed by atoms with Crippen molar-refractivity contribution in [3.05, 3.63) is 0 Å². The highest BCUT2D eigenvalue weighted by atomic mass is 16.5. The third-order valence-corrected chi connectivity index (χ3v) is 5.03. The van der Waals surface area contributed by atoms with Crippen LogP contribution in [0, 0.1) is 5.92 Å². The molecular formula is C16H34N2O. The second kappa shape index (κ2) is 6.55. The Morgan fingerprint density at radius 3 is 2.53 bits per heavy atom. The Labute approximate surface area is 120 Å². The van der Waals surface area contributed by atoms with Gasteiger partial charge < -0.3 is 10.1 Å². The standard InChI is InChI=1S/C16H34N2O/c1-8-16(6)12-17-14(13(2)3)11-18(16)10-9-15(4,5)19-7/h13-14,17H,8-12H2,1-7H3. The van der Waals surface area contributed by atoms with Gasteiger partial charge in [0.1, 0.15) is 0 Å². The lowest BCUT2D eigenvalue weighted by molar-refractivity contribution is -0.0180. The van der Waals surface area contributed by atoms with Crippen LogP contribution >= 0.6 is 0 Å². The van der Waals surface area contributed by atoms with Gasteiger partial charge in [-0.1, -0.05) is 20.8 Å². The molecule has 0 aromatic carbocycles. The van der Waals surface area contributed by atoms with Crippen molar-refractivity contribution in [1.29, 1.82) is 0 Å². The summed E-state index contributed by atoms with van der Waals surface area (Å²) >= 11 is 0. The van der Waals surface area contributed by atoms with Gasteiger partial charge in [-0.15, -0.1) is 0 Å². The molecule has 0 radical (unpaired) electrons. The third kappa shape index (κ3) is 4.44. The van der Waals surface area contributed by atoms with Crippen molar-refractivity contribution in [3.63, 3.8) is 0 Å². The molecule has 1 N–H and O–H groups in total. The van der Waals surface area contributed by atoms with Crippen molar-refractivity contribution in [3.8, 4) is 0 Å². The van der Waals surface area contributed by atoms with Crippen molar-refractivity contribution in [2.75, 3.05) is 26.7 Å². The van der Waals surface area contributed by atoms with Crippen molar-refractivity contribution in [1.82, 2.24) is 10.2 Å². The number of nitrogens with one attached hydrogen (secondary N) is 1. The van der Waals surface area contributed by atoms with E-state index in [1.807, 2.05) is 7.11 Å². The first-order valence-corrected chi connectivity index (χ1v) is 7.77.